The van der Waals surface area contributed by atoms with Crippen LogP contribution in [0.3, 0.4) is 0 Å². The van der Waals surface area contributed by atoms with E-state index in [0.29, 0.717) is 5.56 Å². The van der Waals surface area contributed by atoms with E-state index in [1.807, 2.05) is 13.0 Å². The van der Waals surface area contributed by atoms with Gasteiger partial charge in [0, 0.05) is 0 Å². The molecule has 2 aromatic rings. The average molecular weight is 343 g/mol. The van der Waals surface area contributed by atoms with Crippen molar-refractivity contribution in [2.75, 3.05) is 0 Å². The van der Waals surface area contributed by atoms with Crippen LogP contribution in [0.2, 0.25) is 0 Å². The summed E-state index contributed by atoms with van der Waals surface area (Å²) in [7, 11) is -4.03. The standard InChI is InChI=1S/C18H17NO4S/c1-3-16-17(14-7-5-4-6-8-14)19(18(20)23-16)24(21,22)15-11-9-13(2)10-12-15/h3-12,16-17H,1H2,2H3/t16?,17-/m0/s1. The first-order chi connectivity index (χ1) is 11.4. The molecule has 0 aromatic heterocycles. The molecule has 0 saturated carbocycles. The Morgan fingerprint density at radius 3 is 2.29 bits per heavy atom. The Balaban J connectivity index is 2.11. The maximum absolute atomic E-state index is 13.0. The summed E-state index contributed by atoms with van der Waals surface area (Å²) in [5.74, 6) is 0. The first-order valence-electron chi connectivity index (χ1n) is 7.44. The minimum atomic E-state index is -4.03. The average Bonchev–Trinajstić information content (AvgIpc) is 2.93. The van der Waals surface area contributed by atoms with Crippen LogP contribution in [-0.2, 0) is 14.8 Å². The lowest BCUT2D eigenvalue weighted by Crippen LogP contribution is -2.35. The molecule has 0 radical (unpaired) electrons. The highest BCUT2D eigenvalue weighted by molar-refractivity contribution is 7.89. The highest BCUT2D eigenvalue weighted by Crippen LogP contribution is 2.38. The largest absolute Gasteiger partial charge is 0.438 e. The molecule has 1 heterocycles. The van der Waals surface area contributed by atoms with Crippen molar-refractivity contribution in [1.82, 2.24) is 4.31 Å². The number of carbonyl (C=O) groups excluding carboxylic acids is 1. The molecule has 3 rings (SSSR count). The molecule has 2 aromatic carbocycles. The van der Waals surface area contributed by atoms with E-state index in [0.717, 1.165) is 9.87 Å². The van der Waals surface area contributed by atoms with E-state index < -0.39 is 28.3 Å². The highest BCUT2D eigenvalue weighted by Gasteiger charge is 2.48. The molecular formula is C18H17NO4S. The summed E-state index contributed by atoms with van der Waals surface area (Å²) in [6.07, 6.45) is -0.185. The zero-order valence-corrected chi connectivity index (χ0v) is 13.9. The molecule has 0 spiro atoms. The third-order valence-corrected chi connectivity index (χ3v) is 5.69. The second-order valence-electron chi connectivity index (χ2n) is 5.55. The zero-order chi connectivity index (χ0) is 17.3. The topological polar surface area (TPSA) is 63.7 Å². The second-order valence-corrected chi connectivity index (χ2v) is 7.37. The number of cyclic esters (lactones) is 1. The monoisotopic (exact) mass is 343 g/mol. The minimum absolute atomic E-state index is 0.0516. The van der Waals surface area contributed by atoms with Gasteiger partial charge in [-0.15, -0.1) is 0 Å². The summed E-state index contributed by atoms with van der Waals surface area (Å²) in [6.45, 7) is 5.52. The van der Waals surface area contributed by atoms with Gasteiger partial charge in [-0.2, -0.15) is 4.31 Å². The van der Waals surface area contributed by atoms with E-state index in [9.17, 15) is 13.2 Å². The maximum Gasteiger partial charge on any atom is 0.425 e. The number of rotatable bonds is 4. The summed E-state index contributed by atoms with van der Waals surface area (Å²) >= 11 is 0. The van der Waals surface area contributed by atoms with Crippen LogP contribution in [0.25, 0.3) is 0 Å². The van der Waals surface area contributed by atoms with E-state index in [1.54, 1.807) is 36.4 Å². The van der Waals surface area contributed by atoms with Gasteiger partial charge >= 0.3 is 6.09 Å². The van der Waals surface area contributed by atoms with Crippen LogP contribution in [0.1, 0.15) is 17.2 Å². The summed E-state index contributed by atoms with van der Waals surface area (Å²) in [6, 6.07) is 14.5. The van der Waals surface area contributed by atoms with Crippen LogP contribution >= 0.6 is 0 Å². The summed E-state index contributed by atoms with van der Waals surface area (Å²) < 4.78 is 32.0. The summed E-state index contributed by atoms with van der Waals surface area (Å²) in [4.78, 5) is 12.3. The van der Waals surface area contributed by atoms with Crippen molar-refractivity contribution >= 4 is 16.1 Å². The SMILES string of the molecule is C=CC1OC(=O)N(S(=O)(=O)c2ccc(C)cc2)[C@H]1c1ccccc1. The van der Waals surface area contributed by atoms with Gasteiger partial charge in [0.25, 0.3) is 10.0 Å². The van der Waals surface area contributed by atoms with Gasteiger partial charge in [-0.1, -0.05) is 54.6 Å². The Morgan fingerprint density at radius 2 is 1.71 bits per heavy atom. The number of hydrogen-bond donors (Lipinski definition) is 0. The first-order valence-corrected chi connectivity index (χ1v) is 8.88. The van der Waals surface area contributed by atoms with E-state index >= 15 is 0 Å². The number of hydrogen-bond acceptors (Lipinski definition) is 4. The van der Waals surface area contributed by atoms with Crippen LogP contribution in [0.5, 0.6) is 0 Å². The Hall–Kier alpha value is -2.60. The first kappa shape index (κ1) is 16.3. The molecule has 0 N–H and O–H groups in total. The lowest BCUT2D eigenvalue weighted by atomic mass is 10.0. The van der Waals surface area contributed by atoms with Crippen LogP contribution in [-0.4, -0.2) is 24.9 Å². The third kappa shape index (κ3) is 2.69. The predicted octanol–water partition coefficient (Wildman–Crippen LogP) is 3.43. The van der Waals surface area contributed by atoms with E-state index in [4.69, 9.17) is 4.74 Å². The molecule has 1 fully saturated rings. The van der Waals surface area contributed by atoms with Gasteiger partial charge in [0.2, 0.25) is 0 Å². The molecule has 1 aliphatic heterocycles. The molecule has 1 amide bonds. The molecule has 6 heteroatoms. The molecule has 1 aliphatic rings. The maximum atomic E-state index is 13.0. The molecule has 0 bridgehead atoms. The second kappa shape index (κ2) is 6.13. The van der Waals surface area contributed by atoms with Gasteiger partial charge < -0.3 is 4.74 Å². The fourth-order valence-electron chi connectivity index (χ4n) is 2.70. The van der Waals surface area contributed by atoms with Crippen LogP contribution in [0.15, 0.2) is 72.1 Å². The zero-order valence-electron chi connectivity index (χ0n) is 13.1. The Bertz CT molecular complexity index is 860. The Kier molecular flexibility index (Phi) is 4.15. The van der Waals surface area contributed by atoms with Crippen LogP contribution in [0.4, 0.5) is 4.79 Å². The fourth-order valence-corrected chi connectivity index (χ4v) is 4.19. The van der Waals surface area contributed by atoms with E-state index in [2.05, 4.69) is 6.58 Å². The van der Waals surface area contributed by atoms with Crippen molar-refractivity contribution in [1.29, 1.82) is 0 Å². The van der Waals surface area contributed by atoms with Gasteiger partial charge in [0.05, 0.1) is 4.90 Å². The van der Waals surface area contributed by atoms with Crippen molar-refractivity contribution in [3.8, 4) is 0 Å². The smallest absolute Gasteiger partial charge is 0.425 e. The van der Waals surface area contributed by atoms with Crippen LogP contribution in [0, 0.1) is 6.92 Å². The molecule has 1 unspecified atom stereocenters. The normalized spacial score (nSPS) is 20.7. The number of aryl methyl sites for hydroxylation is 1. The van der Waals surface area contributed by atoms with Gasteiger partial charge in [0.15, 0.2) is 0 Å². The summed E-state index contributed by atoms with van der Waals surface area (Å²) in [5, 5.41) is 0. The van der Waals surface area contributed by atoms with Crippen molar-refractivity contribution in [2.45, 2.75) is 24.0 Å². The molecule has 24 heavy (non-hydrogen) atoms. The molecular weight excluding hydrogens is 326 g/mol. The van der Waals surface area contributed by atoms with Crippen molar-refractivity contribution in [2.24, 2.45) is 0 Å². The number of sulfonamides is 1. The van der Waals surface area contributed by atoms with Crippen molar-refractivity contribution in [3.63, 3.8) is 0 Å². The van der Waals surface area contributed by atoms with Gasteiger partial charge in [-0.25, -0.2) is 13.2 Å². The predicted molar refractivity (Wildman–Crippen MR) is 89.9 cm³/mol. The molecule has 0 aliphatic carbocycles. The Morgan fingerprint density at radius 1 is 1.08 bits per heavy atom. The van der Waals surface area contributed by atoms with Gasteiger partial charge in [-0.05, 0) is 30.7 Å². The number of carbonyl (C=O) groups is 1. The molecule has 124 valence electrons. The van der Waals surface area contributed by atoms with Gasteiger partial charge in [0.1, 0.15) is 12.1 Å². The number of nitrogens with zero attached hydrogens (tertiary/aromatic N) is 1. The number of benzene rings is 2. The third-order valence-electron chi connectivity index (χ3n) is 3.93. The Labute approximate surface area is 141 Å². The highest BCUT2D eigenvalue weighted by atomic mass is 32.2. The number of amides is 1. The number of ether oxygens (including phenoxy) is 1. The van der Waals surface area contributed by atoms with Crippen LogP contribution < -0.4 is 0 Å². The van der Waals surface area contributed by atoms with E-state index in [-0.39, 0.29) is 4.90 Å². The minimum Gasteiger partial charge on any atom is -0.438 e. The molecule has 1 saturated heterocycles. The van der Waals surface area contributed by atoms with Crippen molar-refractivity contribution in [3.05, 3.63) is 78.4 Å². The van der Waals surface area contributed by atoms with E-state index in [1.165, 1.54) is 18.2 Å². The lowest BCUT2D eigenvalue weighted by Gasteiger charge is -2.23. The molecule has 5 nitrogen and oxygen atoms in total. The van der Waals surface area contributed by atoms with Gasteiger partial charge in [-0.3, -0.25) is 0 Å². The quantitative estimate of drug-likeness (QED) is 0.798. The summed E-state index contributed by atoms with van der Waals surface area (Å²) in [5.41, 5.74) is 1.60. The van der Waals surface area contributed by atoms with Crippen molar-refractivity contribution < 1.29 is 17.9 Å². The molecule has 2 atom stereocenters. The fraction of sp³-hybridized carbons (Fsp3) is 0.167. The lowest BCUT2D eigenvalue weighted by molar-refractivity contribution is 0.151.